The number of amides is 1. The molecule has 112 valence electrons. The number of nitrogens with two attached hydrogens (primary N) is 1. The predicted octanol–water partition coefficient (Wildman–Crippen LogP) is -0.497. The van der Waals surface area contributed by atoms with Gasteiger partial charge in [0.15, 0.2) is 0 Å². The maximum atomic E-state index is 12.1. The Kier molecular flexibility index (Phi) is 6.51. The van der Waals surface area contributed by atoms with Crippen LogP contribution < -0.4 is 5.73 Å². The molecule has 0 aromatic carbocycles. The highest BCUT2D eigenvalue weighted by Gasteiger charge is 2.16. The van der Waals surface area contributed by atoms with Crippen molar-refractivity contribution in [3.05, 3.63) is 12.3 Å². The van der Waals surface area contributed by atoms with Gasteiger partial charge >= 0.3 is 5.97 Å². The minimum Gasteiger partial charge on any atom is -0.469 e. The zero-order valence-corrected chi connectivity index (χ0v) is 11.7. The van der Waals surface area contributed by atoms with Gasteiger partial charge in [-0.25, -0.2) is 0 Å². The second-order valence-electron chi connectivity index (χ2n) is 4.14. The summed E-state index contributed by atoms with van der Waals surface area (Å²) in [6, 6.07) is 1.61. The Labute approximate surface area is 117 Å². The molecule has 1 rings (SSSR count). The molecule has 0 aliphatic rings. The molecule has 0 saturated heterocycles. The summed E-state index contributed by atoms with van der Waals surface area (Å²) in [5.41, 5.74) is 5.49. The molecule has 0 aliphatic heterocycles. The van der Waals surface area contributed by atoms with Gasteiger partial charge in [0.05, 0.1) is 20.1 Å². The first-order chi connectivity index (χ1) is 9.56. The van der Waals surface area contributed by atoms with Crippen molar-refractivity contribution >= 4 is 17.7 Å². The Morgan fingerprint density at radius 2 is 2.15 bits per heavy atom. The van der Waals surface area contributed by atoms with E-state index in [1.54, 1.807) is 19.4 Å². The van der Waals surface area contributed by atoms with Gasteiger partial charge in [-0.15, -0.1) is 0 Å². The van der Waals surface area contributed by atoms with Crippen LogP contribution in [0.4, 0.5) is 5.82 Å². The van der Waals surface area contributed by atoms with Gasteiger partial charge in [-0.2, -0.15) is 5.10 Å². The molecular weight excluding hydrogens is 264 g/mol. The van der Waals surface area contributed by atoms with Gasteiger partial charge in [-0.05, 0) is 6.07 Å². The van der Waals surface area contributed by atoms with Crippen molar-refractivity contribution < 1.29 is 19.1 Å². The second kappa shape index (κ2) is 8.16. The fraction of sp³-hybridized carbons (Fsp3) is 0.583. The van der Waals surface area contributed by atoms with Crippen molar-refractivity contribution in [3.8, 4) is 0 Å². The van der Waals surface area contributed by atoms with Crippen molar-refractivity contribution in [2.75, 3.05) is 39.6 Å². The smallest absolute Gasteiger partial charge is 0.307 e. The van der Waals surface area contributed by atoms with Crippen molar-refractivity contribution in [3.63, 3.8) is 0 Å². The lowest BCUT2D eigenvalue weighted by Gasteiger charge is -2.21. The van der Waals surface area contributed by atoms with E-state index >= 15 is 0 Å². The summed E-state index contributed by atoms with van der Waals surface area (Å²) in [5.74, 6) is -0.159. The number of carbonyl (C=O) groups excluding carboxylic acids is 2. The fourth-order valence-corrected chi connectivity index (χ4v) is 1.60. The van der Waals surface area contributed by atoms with Crippen LogP contribution in [-0.4, -0.2) is 60.5 Å². The number of ether oxygens (including phenoxy) is 2. The van der Waals surface area contributed by atoms with Crippen LogP contribution in [0.3, 0.4) is 0 Å². The van der Waals surface area contributed by atoms with Gasteiger partial charge < -0.3 is 20.1 Å². The summed E-state index contributed by atoms with van der Waals surface area (Å²) in [4.78, 5) is 24.8. The van der Waals surface area contributed by atoms with Crippen LogP contribution in [-0.2, 0) is 25.6 Å². The number of carbonyl (C=O) groups is 2. The highest BCUT2D eigenvalue weighted by molar-refractivity contribution is 5.77. The van der Waals surface area contributed by atoms with Crippen LogP contribution in [0.25, 0.3) is 0 Å². The monoisotopic (exact) mass is 284 g/mol. The predicted molar refractivity (Wildman–Crippen MR) is 71.7 cm³/mol. The van der Waals surface area contributed by atoms with Crippen molar-refractivity contribution in [1.82, 2.24) is 14.7 Å². The minimum atomic E-state index is -0.358. The molecule has 8 heteroatoms. The molecular formula is C12H20N4O4. The highest BCUT2D eigenvalue weighted by atomic mass is 16.5. The fourth-order valence-electron chi connectivity index (χ4n) is 1.60. The summed E-state index contributed by atoms with van der Waals surface area (Å²) in [7, 11) is 2.87. The zero-order chi connectivity index (χ0) is 15.0. The first-order valence-electron chi connectivity index (χ1n) is 6.19. The molecule has 0 atom stereocenters. The number of rotatable bonds is 8. The van der Waals surface area contributed by atoms with Crippen LogP contribution in [0, 0.1) is 0 Å². The van der Waals surface area contributed by atoms with Gasteiger partial charge in [0.25, 0.3) is 0 Å². The lowest BCUT2D eigenvalue weighted by molar-refractivity contribution is -0.142. The second-order valence-corrected chi connectivity index (χ2v) is 4.14. The standard InChI is InChI=1S/C12H20N4O4/c1-19-8-7-15(5-4-12(18)20-2)11(17)9-16-6-3-10(13)14-16/h3,6H,4-5,7-9H2,1-2H3,(H2,13,14). The Bertz CT molecular complexity index is 446. The zero-order valence-electron chi connectivity index (χ0n) is 11.7. The Balaban J connectivity index is 2.56. The van der Waals surface area contributed by atoms with Gasteiger partial charge in [-0.1, -0.05) is 0 Å². The quantitative estimate of drug-likeness (QED) is 0.646. The SMILES string of the molecule is COCCN(CCC(=O)OC)C(=O)Cn1ccc(N)n1. The summed E-state index contributed by atoms with van der Waals surface area (Å²) < 4.78 is 11.0. The Morgan fingerprint density at radius 3 is 2.70 bits per heavy atom. The number of methoxy groups -OCH3 is 2. The van der Waals surface area contributed by atoms with Gasteiger partial charge in [-0.3, -0.25) is 14.3 Å². The van der Waals surface area contributed by atoms with Crippen molar-refractivity contribution in [1.29, 1.82) is 0 Å². The topological polar surface area (TPSA) is 99.7 Å². The molecule has 0 aliphatic carbocycles. The molecule has 0 spiro atoms. The number of aromatic nitrogens is 2. The van der Waals surface area contributed by atoms with E-state index in [4.69, 9.17) is 10.5 Å². The van der Waals surface area contributed by atoms with Gasteiger partial charge in [0.1, 0.15) is 12.4 Å². The molecule has 0 radical (unpaired) electrons. The molecule has 20 heavy (non-hydrogen) atoms. The van der Waals surface area contributed by atoms with Gasteiger partial charge in [0.2, 0.25) is 5.91 Å². The van der Waals surface area contributed by atoms with Crippen LogP contribution in [0.2, 0.25) is 0 Å². The number of hydrogen-bond acceptors (Lipinski definition) is 6. The third kappa shape index (κ3) is 5.27. The number of anilines is 1. The molecule has 0 bridgehead atoms. The molecule has 0 saturated carbocycles. The Morgan fingerprint density at radius 1 is 1.40 bits per heavy atom. The van der Waals surface area contributed by atoms with E-state index in [-0.39, 0.29) is 31.4 Å². The van der Waals surface area contributed by atoms with E-state index in [2.05, 4.69) is 9.84 Å². The van der Waals surface area contributed by atoms with Crippen LogP contribution in [0.15, 0.2) is 12.3 Å². The van der Waals surface area contributed by atoms with Crippen molar-refractivity contribution in [2.45, 2.75) is 13.0 Å². The first kappa shape index (κ1) is 16.0. The molecule has 8 nitrogen and oxygen atoms in total. The van der Waals surface area contributed by atoms with E-state index in [1.165, 1.54) is 16.7 Å². The van der Waals surface area contributed by atoms with E-state index in [0.29, 0.717) is 19.0 Å². The highest BCUT2D eigenvalue weighted by Crippen LogP contribution is 2.00. The molecule has 0 fully saturated rings. The van der Waals surface area contributed by atoms with Crippen LogP contribution in [0.5, 0.6) is 0 Å². The maximum absolute atomic E-state index is 12.1. The molecule has 2 N–H and O–H groups in total. The number of nitrogens with zero attached hydrogens (tertiary/aromatic N) is 3. The molecule has 0 unspecified atom stereocenters. The van der Waals surface area contributed by atoms with Crippen molar-refractivity contribution in [2.24, 2.45) is 0 Å². The largest absolute Gasteiger partial charge is 0.469 e. The minimum absolute atomic E-state index is 0.0715. The summed E-state index contributed by atoms with van der Waals surface area (Å²) in [6.07, 6.45) is 1.77. The molecule has 1 heterocycles. The third-order valence-electron chi connectivity index (χ3n) is 2.69. The summed E-state index contributed by atoms with van der Waals surface area (Å²) >= 11 is 0. The van der Waals surface area contributed by atoms with Crippen LogP contribution in [0.1, 0.15) is 6.42 Å². The normalized spacial score (nSPS) is 10.3. The van der Waals surface area contributed by atoms with E-state index in [9.17, 15) is 9.59 Å². The van der Waals surface area contributed by atoms with E-state index < -0.39 is 0 Å². The number of nitrogen functional groups attached to an aromatic ring is 1. The lowest BCUT2D eigenvalue weighted by atomic mass is 10.3. The first-order valence-corrected chi connectivity index (χ1v) is 6.19. The summed E-state index contributed by atoms with van der Waals surface area (Å²) in [6.45, 7) is 1.16. The average Bonchev–Trinajstić information content (AvgIpc) is 2.83. The lowest BCUT2D eigenvalue weighted by Crippen LogP contribution is -2.38. The van der Waals surface area contributed by atoms with E-state index in [0.717, 1.165) is 0 Å². The molecule has 1 aromatic rings. The summed E-state index contributed by atoms with van der Waals surface area (Å²) in [5, 5.41) is 3.95. The van der Waals surface area contributed by atoms with Gasteiger partial charge in [0, 0.05) is 26.4 Å². The molecule has 1 aromatic heterocycles. The number of esters is 1. The number of hydrogen-bond donors (Lipinski definition) is 1. The maximum Gasteiger partial charge on any atom is 0.307 e. The van der Waals surface area contributed by atoms with Crippen LogP contribution >= 0.6 is 0 Å². The third-order valence-corrected chi connectivity index (χ3v) is 2.69. The average molecular weight is 284 g/mol. The van der Waals surface area contributed by atoms with E-state index in [1.807, 2.05) is 0 Å². The molecule has 1 amide bonds. The Hall–Kier alpha value is -2.09.